The molecule has 0 heterocycles. The van der Waals surface area contributed by atoms with Gasteiger partial charge >= 0.3 is 0 Å². The van der Waals surface area contributed by atoms with Gasteiger partial charge in [0.1, 0.15) is 5.75 Å². The highest BCUT2D eigenvalue weighted by Gasteiger charge is 2.18. The topological polar surface area (TPSA) is 37.3 Å². The Hall–Kier alpha value is -0.970. The van der Waals surface area contributed by atoms with Crippen LogP contribution in [0.2, 0.25) is 0 Å². The van der Waals surface area contributed by atoms with E-state index in [1.165, 1.54) is 12.1 Å². The molecule has 82 valence electrons. The van der Waals surface area contributed by atoms with Crippen LogP contribution in [-0.2, 0) is 0 Å². The number of phenolic OH excluding ortho intramolecular Hbond substituents is 1. The van der Waals surface area contributed by atoms with Gasteiger partial charge in [0.15, 0.2) is 5.78 Å². The van der Waals surface area contributed by atoms with Crippen LogP contribution in [0.5, 0.6) is 5.75 Å². The summed E-state index contributed by atoms with van der Waals surface area (Å²) in [7, 11) is 0. The van der Waals surface area contributed by atoms with Crippen molar-refractivity contribution >= 4 is 21.7 Å². The van der Waals surface area contributed by atoms with Crippen molar-refractivity contribution in [2.24, 2.45) is 0 Å². The fourth-order valence-corrected chi connectivity index (χ4v) is 1.57. The minimum atomic E-state index is -2.76. The molecule has 5 heteroatoms. The third kappa shape index (κ3) is 2.99. The SMILES string of the molecule is O=C(CCBr)c1ccc(O)cc1C(F)F. The van der Waals surface area contributed by atoms with Crippen molar-refractivity contribution in [1.82, 2.24) is 0 Å². The molecule has 0 saturated carbocycles. The normalized spacial score (nSPS) is 10.7. The van der Waals surface area contributed by atoms with Gasteiger partial charge in [-0.05, 0) is 18.2 Å². The van der Waals surface area contributed by atoms with E-state index in [9.17, 15) is 13.6 Å². The van der Waals surface area contributed by atoms with E-state index in [-0.39, 0.29) is 23.5 Å². The first-order valence-electron chi connectivity index (χ1n) is 4.26. The maximum absolute atomic E-state index is 12.5. The van der Waals surface area contributed by atoms with Crippen molar-refractivity contribution in [3.8, 4) is 5.75 Å². The molecule has 0 aliphatic heterocycles. The smallest absolute Gasteiger partial charge is 0.264 e. The summed E-state index contributed by atoms with van der Waals surface area (Å²) in [6, 6.07) is 3.38. The summed E-state index contributed by atoms with van der Waals surface area (Å²) in [4.78, 5) is 11.4. The van der Waals surface area contributed by atoms with E-state index >= 15 is 0 Å². The molecule has 1 aromatic rings. The molecule has 0 saturated heterocycles. The molecule has 0 aromatic heterocycles. The standard InChI is InChI=1S/C10H9BrF2O2/c11-4-3-9(15)7-2-1-6(14)5-8(7)10(12)13/h1-2,5,10,14H,3-4H2. The third-order valence-electron chi connectivity index (χ3n) is 1.89. The molecule has 15 heavy (non-hydrogen) atoms. The van der Waals surface area contributed by atoms with Crippen LogP contribution >= 0.6 is 15.9 Å². The highest BCUT2D eigenvalue weighted by Crippen LogP contribution is 2.27. The van der Waals surface area contributed by atoms with Crippen LogP contribution in [-0.4, -0.2) is 16.2 Å². The van der Waals surface area contributed by atoms with E-state index in [1.54, 1.807) is 0 Å². The number of halogens is 3. The Labute approximate surface area is 94.0 Å². The highest BCUT2D eigenvalue weighted by molar-refractivity contribution is 9.09. The van der Waals surface area contributed by atoms with Gasteiger partial charge in [0, 0.05) is 22.9 Å². The summed E-state index contributed by atoms with van der Waals surface area (Å²) in [5, 5.41) is 9.47. The zero-order valence-electron chi connectivity index (χ0n) is 7.71. The second-order valence-electron chi connectivity index (χ2n) is 2.93. The fraction of sp³-hybridized carbons (Fsp3) is 0.300. The summed E-state index contributed by atoms with van der Waals surface area (Å²) in [5.74, 6) is -0.622. The van der Waals surface area contributed by atoms with Gasteiger partial charge in [-0.15, -0.1) is 0 Å². The Morgan fingerprint density at radius 3 is 2.67 bits per heavy atom. The van der Waals surface area contributed by atoms with Crippen LogP contribution in [0.3, 0.4) is 0 Å². The van der Waals surface area contributed by atoms with Gasteiger partial charge < -0.3 is 5.11 Å². The zero-order chi connectivity index (χ0) is 11.4. The molecular formula is C10H9BrF2O2. The summed E-state index contributed by atoms with van der Waals surface area (Å²) in [6.07, 6.45) is -2.60. The minimum Gasteiger partial charge on any atom is -0.508 e. The van der Waals surface area contributed by atoms with E-state index in [4.69, 9.17) is 5.11 Å². The Kier molecular flexibility index (Phi) is 4.20. The molecule has 1 aromatic carbocycles. The van der Waals surface area contributed by atoms with Gasteiger partial charge in [0.25, 0.3) is 6.43 Å². The largest absolute Gasteiger partial charge is 0.508 e. The minimum absolute atomic E-state index is 0.0257. The summed E-state index contributed by atoms with van der Waals surface area (Å²) in [5.41, 5.74) is -0.441. The average molecular weight is 279 g/mol. The number of Topliss-reactive ketones (excluding diaryl/α,β-unsaturated/α-hetero) is 1. The first-order chi connectivity index (χ1) is 7.06. The van der Waals surface area contributed by atoms with Crippen LogP contribution in [0.1, 0.15) is 28.8 Å². The number of ketones is 1. The molecule has 0 spiro atoms. The first-order valence-corrected chi connectivity index (χ1v) is 5.38. The van der Waals surface area contributed by atoms with E-state index < -0.39 is 12.0 Å². The lowest BCUT2D eigenvalue weighted by Crippen LogP contribution is -2.04. The number of hydrogen-bond donors (Lipinski definition) is 1. The van der Waals surface area contributed by atoms with Crippen LogP contribution in [0.4, 0.5) is 8.78 Å². The average Bonchev–Trinajstić information content (AvgIpc) is 2.17. The van der Waals surface area contributed by atoms with E-state index in [2.05, 4.69) is 15.9 Å². The molecule has 0 unspecified atom stereocenters. The Balaban J connectivity index is 3.11. The second kappa shape index (κ2) is 5.21. The molecule has 0 fully saturated rings. The zero-order valence-corrected chi connectivity index (χ0v) is 9.30. The third-order valence-corrected chi connectivity index (χ3v) is 2.29. The number of alkyl halides is 3. The van der Waals surface area contributed by atoms with Crippen molar-refractivity contribution in [3.05, 3.63) is 29.3 Å². The van der Waals surface area contributed by atoms with E-state index in [0.29, 0.717) is 5.33 Å². The maximum atomic E-state index is 12.5. The molecule has 0 aliphatic rings. The van der Waals surface area contributed by atoms with Gasteiger partial charge in [-0.25, -0.2) is 8.78 Å². The van der Waals surface area contributed by atoms with Crippen molar-refractivity contribution in [1.29, 1.82) is 0 Å². The van der Waals surface area contributed by atoms with Gasteiger partial charge in [0.05, 0.1) is 0 Å². The lowest BCUT2D eigenvalue weighted by Gasteiger charge is -2.07. The Morgan fingerprint density at radius 2 is 2.13 bits per heavy atom. The second-order valence-corrected chi connectivity index (χ2v) is 3.73. The lowest BCUT2D eigenvalue weighted by molar-refractivity contribution is 0.0976. The summed E-state index contributed by atoms with van der Waals surface area (Å²) in [6.45, 7) is 0. The quantitative estimate of drug-likeness (QED) is 0.678. The molecule has 0 amide bonds. The van der Waals surface area contributed by atoms with E-state index in [1.807, 2.05) is 0 Å². The molecule has 0 aliphatic carbocycles. The van der Waals surface area contributed by atoms with Crippen molar-refractivity contribution in [2.45, 2.75) is 12.8 Å². The van der Waals surface area contributed by atoms with E-state index in [0.717, 1.165) is 6.07 Å². The number of benzene rings is 1. The van der Waals surface area contributed by atoms with Crippen LogP contribution in [0.25, 0.3) is 0 Å². The lowest BCUT2D eigenvalue weighted by atomic mass is 10.0. The van der Waals surface area contributed by atoms with Gasteiger partial charge in [-0.1, -0.05) is 15.9 Å². The number of hydrogen-bond acceptors (Lipinski definition) is 2. The van der Waals surface area contributed by atoms with Crippen LogP contribution in [0.15, 0.2) is 18.2 Å². The monoisotopic (exact) mass is 278 g/mol. The molecule has 1 rings (SSSR count). The summed E-state index contributed by atoms with van der Waals surface area (Å²) < 4.78 is 25.1. The fourth-order valence-electron chi connectivity index (χ4n) is 1.21. The highest BCUT2D eigenvalue weighted by atomic mass is 79.9. The number of rotatable bonds is 4. The number of carbonyl (C=O) groups excluding carboxylic acids is 1. The van der Waals surface area contributed by atoms with Gasteiger partial charge in [-0.2, -0.15) is 0 Å². The molecule has 1 N–H and O–H groups in total. The van der Waals surface area contributed by atoms with Crippen molar-refractivity contribution < 1.29 is 18.7 Å². The first kappa shape index (κ1) is 12.1. The van der Waals surface area contributed by atoms with Crippen molar-refractivity contribution in [3.63, 3.8) is 0 Å². The van der Waals surface area contributed by atoms with Crippen molar-refractivity contribution in [2.75, 3.05) is 5.33 Å². The number of carbonyl (C=O) groups is 1. The van der Waals surface area contributed by atoms with Crippen LogP contribution in [0, 0.1) is 0 Å². The van der Waals surface area contributed by atoms with Gasteiger partial charge in [-0.3, -0.25) is 4.79 Å². The number of aromatic hydroxyl groups is 1. The van der Waals surface area contributed by atoms with Crippen LogP contribution < -0.4 is 0 Å². The predicted molar refractivity (Wildman–Crippen MR) is 55.8 cm³/mol. The molecular weight excluding hydrogens is 270 g/mol. The molecule has 0 bridgehead atoms. The maximum Gasteiger partial charge on any atom is 0.264 e. The Bertz CT molecular complexity index is 366. The number of phenols is 1. The Morgan fingerprint density at radius 1 is 1.47 bits per heavy atom. The molecule has 0 atom stereocenters. The molecule has 0 radical (unpaired) electrons. The molecule has 2 nitrogen and oxygen atoms in total. The predicted octanol–water partition coefficient (Wildman–Crippen LogP) is 3.30. The van der Waals surface area contributed by atoms with Gasteiger partial charge in [0.2, 0.25) is 0 Å². The summed E-state index contributed by atoms with van der Waals surface area (Å²) >= 11 is 3.07.